The van der Waals surface area contributed by atoms with Gasteiger partial charge in [0, 0.05) is 6.54 Å². The minimum atomic E-state index is -0.807. The summed E-state index contributed by atoms with van der Waals surface area (Å²) in [4.78, 5) is 11.9. The van der Waals surface area contributed by atoms with E-state index >= 15 is 0 Å². The molecule has 0 heterocycles. The fourth-order valence-electron chi connectivity index (χ4n) is 2.34. The Bertz CT molecular complexity index is 459. The van der Waals surface area contributed by atoms with Gasteiger partial charge in [-0.1, -0.05) is 26.0 Å². The van der Waals surface area contributed by atoms with E-state index in [1.54, 1.807) is 26.2 Å². The first-order valence-corrected chi connectivity index (χ1v) is 7.20. The summed E-state index contributed by atoms with van der Waals surface area (Å²) in [5.74, 6) is 0.863. The Balaban J connectivity index is 2.41. The summed E-state index contributed by atoms with van der Waals surface area (Å²) in [6, 6.07) is 7.25. The summed E-state index contributed by atoms with van der Waals surface area (Å²) in [6.07, 6.45) is 0.689. The number of carbonyl (C=O) groups excluding carboxylic acids is 1. The third-order valence-electron chi connectivity index (χ3n) is 3.02. The van der Waals surface area contributed by atoms with Crippen molar-refractivity contribution in [2.24, 2.45) is 5.92 Å². The Kier molecular flexibility index (Phi) is 6.65. The fourth-order valence-corrected chi connectivity index (χ4v) is 2.34. The topological polar surface area (TPSA) is 70.6 Å². The normalized spacial score (nSPS) is 13.8. The molecule has 118 valence electrons. The van der Waals surface area contributed by atoms with E-state index in [-0.39, 0.29) is 12.5 Å². The van der Waals surface area contributed by atoms with Crippen molar-refractivity contribution in [2.75, 3.05) is 25.5 Å². The van der Waals surface area contributed by atoms with Gasteiger partial charge >= 0.3 is 0 Å². The zero-order valence-corrected chi connectivity index (χ0v) is 13.3. The Hall–Kier alpha value is -1.59. The summed E-state index contributed by atoms with van der Waals surface area (Å²) in [7, 11) is 1.56. The van der Waals surface area contributed by atoms with Crippen LogP contribution in [0.2, 0.25) is 0 Å². The summed E-state index contributed by atoms with van der Waals surface area (Å²) >= 11 is 0. The van der Waals surface area contributed by atoms with Gasteiger partial charge in [-0.3, -0.25) is 4.79 Å². The number of ether oxygens (including phenoxy) is 1. The lowest BCUT2D eigenvalue weighted by Gasteiger charge is -2.25. The van der Waals surface area contributed by atoms with Crippen LogP contribution in [0.15, 0.2) is 24.3 Å². The van der Waals surface area contributed by atoms with Crippen LogP contribution in [0, 0.1) is 5.92 Å². The molecule has 0 aliphatic rings. The molecule has 0 saturated carbocycles. The summed E-state index contributed by atoms with van der Waals surface area (Å²) in [5.41, 5.74) is -0.167. The molecular formula is C16H26N2O3. The first-order chi connectivity index (χ1) is 9.84. The third-order valence-corrected chi connectivity index (χ3v) is 3.02. The summed E-state index contributed by atoms with van der Waals surface area (Å²) in [6.45, 7) is 6.42. The van der Waals surface area contributed by atoms with Crippen LogP contribution in [-0.4, -0.2) is 36.8 Å². The van der Waals surface area contributed by atoms with Crippen LogP contribution < -0.4 is 15.4 Å². The van der Waals surface area contributed by atoms with Gasteiger partial charge in [0.25, 0.3) is 0 Å². The van der Waals surface area contributed by atoms with Crippen LogP contribution in [0.4, 0.5) is 5.69 Å². The van der Waals surface area contributed by atoms with Gasteiger partial charge in [0.05, 0.1) is 24.9 Å². The monoisotopic (exact) mass is 294 g/mol. The zero-order valence-electron chi connectivity index (χ0n) is 13.3. The van der Waals surface area contributed by atoms with Crippen molar-refractivity contribution in [1.29, 1.82) is 0 Å². The highest BCUT2D eigenvalue weighted by molar-refractivity contribution is 5.93. The number of benzene rings is 1. The Morgan fingerprint density at radius 3 is 2.67 bits per heavy atom. The van der Waals surface area contributed by atoms with Gasteiger partial charge in [-0.15, -0.1) is 0 Å². The second kappa shape index (κ2) is 8.00. The SMILES string of the molecule is COc1ccccc1NC(=O)CNCC(C)(O)CC(C)C. The van der Waals surface area contributed by atoms with Crippen molar-refractivity contribution < 1.29 is 14.6 Å². The molecule has 21 heavy (non-hydrogen) atoms. The van der Waals surface area contributed by atoms with Crippen molar-refractivity contribution in [2.45, 2.75) is 32.8 Å². The second-order valence-electron chi connectivity index (χ2n) is 5.95. The van der Waals surface area contributed by atoms with Crippen molar-refractivity contribution >= 4 is 11.6 Å². The van der Waals surface area contributed by atoms with Gasteiger partial charge < -0.3 is 20.5 Å². The molecule has 0 saturated heterocycles. The average Bonchev–Trinajstić information content (AvgIpc) is 2.37. The van der Waals surface area contributed by atoms with Crippen LogP contribution in [0.5, 0.6) is 5.75 Å². The number of aliphatic hydroxyl groups is 1. The number of amides is 1. The van der Waals surface area contributed by atoms with Crippen LogP contribution >= 0.6 is 0 Å². The number of anilines is 1. The molecule has 0 spiro atoms. The summed E-state index contributed by atoms with van der Waals surface area (Å²) < 4.78 is 5.17. The van der Waals surface area contributed by atoms with Gasteiger partial charge in [-0.25, -0.2) is 0 Å². The molecule has 5 heteroatoms. The smallest absolute Gasteiger partial charge is 0.238 e. The molecule has 0 bridgehead atoms. The Morgan fingerprint density at radius 1 is 1.38 bits per heavy atom. The molecular weight excluding hydrogens is 268 g/mol. The molecule has 1 atom stereocenters. The van der Waals surface area contributed by atoms with E-state index < -0.39 is 5.60 Å². The maximum Gasteiger partial charge on any atom is 0.238 e. The minimum absolute atomic E-state index is 0.145. The van der Waals surface area contributed by atoms with Crippen molar-refractivity contribution in [3.63, 3.8) is 0 Å². The first kappa shape index (κ1) is 17.5. The molecule has 1 aromatic carbocycles. The molecule has 1 aromatic rings. The highest BCUT2D eigenvalue weighted by atomic mass is 16.5. The predicted molar refractivity (Wildman–Crippen MR) is 84.6 cm³/mol. The highest BCUT2D eigenvalue weighted by Gasteiger charge is 2.21. The highest BCUT2D eigenvalue weighted by Crippen LogP contribution is 2.22. The quantitative estimate of drug-likeness (QED) is 0.686. The zero-order chi connectivity index (χ0) is 15.9. The maximum atomic E-state index is 11.9. The molecule has 0 radical (unpaired) electrons. The van der Waals surface area contributed by atoms with E-state index in [1.807, 2.05) is 12.1 Å². The number of rotatable bonds is 8. The molecule has 1 unspecified atom stereocenters. The van der Waals surface area contributed by atoms with Gasteiger partial charge in [-0.05, 0) is 31.4 Å². The predicted octanol–water partition coefficient (Wildman–Crippen LogP) is 2.02. The van der Waals surface area contributed by atoms with Gasteiger partial charge in [0.15, 0.2) is 0 Å². The largest absolute Gasteiger partial charge is 0.495 e. The maximum absolute atomic E-state index is 11.9. The number of para-hydroxylation sites is 2. The Labute approximate surface area is 126 Å². The molecule has 0 aliphatic carbocycles. The van der Waals surface area contributed by atoms with E-state index in [1.165, 1.54) is 0 Å². The van der Waals surface area contributed by atoms with Crippen molar-refractivity contribution in [3.05, 3.63) is 24.3 Å². The van der Waals surface area contributed by atoms with Crippen molar-refractivity contribution in [1.82, 2.24) is 5.32 Å². The van der Waals surface area contributed by atoms with E-state index in [2.05, 4.69) is 24.5 Å². The van der Waals surface area contributed by atoms with Crippen LogP contribution in [0.1, 0.15) is 27.2 Å². The number of hydrogen-bond donors (Lipinski definition) is 3. The van der Waals surface area contributed by atoms with Crippen molar-refractivity contribution in [3.8, 4) is 5.75 Å². The molecule has 5 nitrogen and oxygen atoms in total. The van der Waals surface area contributed by atoms with Crippen LogP contribution in [0.25, 0.3) is 0 Å². The van der Waals surface area contributed by atoms with Gasteiger partial charge in [0.2, 0.25) is 5.91 Å². The Morgan fingerprint density at radius 2 is 2.05 bits per heavy atom. The lowest BCUT2D eigenvalue weighted by Crippen LogP contribution is -2.41. The number of hydrogen-bond acceptors (Lipinski definition) is 4. The first-order valence-electron chi connectivity index (χ1n) is 7.20. The van der Waals surface area contributed by atoms with Crippen LogP contribution in [0.3, 0.4) is 0 Å². The number of methoxy groups -OCH3 is 1. The molecule has 0 fully saturated rings. The number of nitrogens with one attached hydrogen (secondary N) is 2. The minimum Gasteiger partial charge on any atom is -0.495 e. The molecule has 3 N–H and O–H groups in total. The third kappa shape index (κ3) is 6.60. The average molecular weight is 294 g/mol. The second-order valence-corrected chi connectivity index (χ2v) is 5.95. The standard InChI is InChI=1S/C16H26N2O3/c1-12(2)9-16(3,20)11-17-10-15(19)18-13-7-5-6-8-14(13)21-4/h5-8,12,17,20H,9-11H2,1-4H3,(H,18,19). The lowest BCUT2D eigenvalue weighted by molar-refractivity contribution is -0.115. The van der Waals surface area contributed by atoms with E-state index in [0.717, 1.165) is 0 Å². The van der Waals surface area contributed by atoms with Gasteiger partial charge in [-0.2, -0.15) is 0 Å². The van der Waals surface area contributed by atoms with Gasteiger partial charge in [0.1, 0.15) is 5.75 Å². The molecule has 0 aromatic heterocycles. The molecule has 0 aliphatic heterocycles. The number of carbonyl (C=O) groups is 1. The van der Waals surface area contributed by atoms with Crippen LogP contribution in [-0.2, 0) is 4.79 Å². The molecule has 1 rings (SSSR count). The summed E-state index contributed by atoms with van der Waals surface area (Å²) in [5, 5.41) is 15.9. The molecule has 1 amide bonds. The van der Waals surface area contributed by atoms with E-state index in [9.17, 15) is 9.90 Å². The van der Waals surface area contributed by atoms with E-state index in [4.69, 9.17) is 4.74 Å². The fraction of sp³-hybridized carbons (Fsp3) is 0.562. The van der Waals surface area contributed by atoms with E-state index in [0.29, 0.717) is 30.3 Å². The lowest BCUT2D eigenvalue weighted by atomic mass is 9.94.